The minimum absolute atomic E-state index is 0.280. The average molecular weight is 241 g/mol. The van der Waals surface area contributed by atoms with E-state index in [9.17, 15) is 5.11 Å². The number of benzene rings is 1. The van der Waals surface area contributed by atoms with Crippen LogP contribution in [0.1, 0.15) is 24.5 Å². The van der Waals surface area contributed by atoms with Crippen LogP contribution in [-0.4, -0.2) is 18.2 Å². The van der Waals surface area contributed by atoms with Crippen molar-refractivity contribution in [3.05, 3.63) is 28.8 Å². The van der Waals surface area contributed by atoms with Gasteiger partial charge in [0.2, 0.25) is 0 Å². The zero-order chi connectivity index (χ0) is 11.5. The summed E-state index contributed by atoms with van der Waals surface area (Å²) in [6.07, 6.45) is 1.46. The molecule has 4 heteroatoms. The molecule has 16 heavy (non-hydrogen) atoms. The second kappa shape index (κ2) is 5.04. The van der Waals surface area contributed by atoms with Gasteiger partial charge in [-0.3, -0.25) is 0 Å². The highest BCUT2D eigenvalue weighted by Gasteiger charge is 2.24. The fourth-order valence-electron chi connectivity index (χ4n) is 2.23. The minimum Gasteiger partial charge on any atom is -0.397 e. The Morgan fingerprint density at radius 1 is 1.38 bits per heavy atom. The summed E-state index contributed by atoms with van der Waals surface area (Å²) in [6, 6.07) is 5.43. The van der Waals surface area contributed by atoms with Gasteiger partial charge in [-0.15, -0.1) is 0 Å². The monoisotopic (exact) mass is 240 g/mol. The number of hydrogen-bond acceptors (Lipinski definition) is 3. The van der Waals surface area contributed by atoms with E-state index in [1.165, 1.54) is 0 Å². The second-order valence-electron chi connectivity index (χ2n) is 4.28. The Morgan fingerprint density at radius 3 is 2.75 bits per heavy atom. The van der Waals surface area contributed by atoms with E-state index in [0.717, 1.165) is 31.5 Å². The summed E-state index contributed by atoms with van der Waals surface area (Å²) in [5.41, 5.74) is 7.16. The van der Waals surface area contributed by atoms with E-state index in [1.54, 1.807) is 6.07 Å². The normalized spacial score (nSPS) is 19.6. The van der Waals surface area contributed by atoms with Crippen LogP contribution in [0.4, 0.5) is 5.69 Å². The molecule has 1 saturated heterocycles. The smallest absolute Gasteiger partial charge is 0.0839 e. The Bertz CT molecular complexity index is 364. The molecule has 1 unspecified atom stereocenters. The van der Waals surface area contributed by atoms with E-state index in [0.29, 0.717) is 10.7 Å². The molecule has 1 heterocycles. The van der Waals surface area contributed by atoms with Gasteiger partial charge in [0.1, 0.15) is 0 Å². The SMILES string of the molecule is Nc1c(Cl)cccc1C(O)C1CCNCC1. The molecule has 0 saturated carbocycles. The van der Waals surface area contributed by atoms with Gasteiger partial charge in [-0.25, -0.2) is 0 Å². The number of nitrogen functional groups attached to an aromatic ring is 1. The lowest BCUT2D eigenvalue weighted by molar-refractivity contribution is 0.0896. The van der Waals surface area contributed by atoms with Crippen LogP contribution in [0.15, 0.2) is 18.2 Å². The fourth-order valence-corrected chi connectivity index (χ4v) is 2.41. The molecule has 1 aromatic carbocycles. The third-order valence-corrected chi connectivity index (χ3v) is 3.57. The first-order valence-electron chi connectivity index (χ1n) is 5.63. The van der Waals surface area contributed by atoms with Gasteiger partial charge < -0.3 is 16.2 Å². The van der Waals surface area contributed by atoms with Crippen molar-refractivity contribution >= 4 is 17.3 Å². The van der Waals surface area contributed by atoms with Crippen LogP contribution >= 0.6 is 11.6 Å². The highest BCUT2D eigenvalue weighted by Crippen LogP contribution is 2.34. The van der Waals surface area contributed by atoms with Crippen molar-refractivity contribution in [1.29, 1.82) is 0 Å². The molecule has 3 nitrogen and oxygen atoms in total. The quantitative estimate of drug-likeness (QED) is 0.693. The lowest BCUT2D eigenvalue weighted by atomic mass is 9.87. The molecule has 0 spiro atoms. The summed E-state index contributed by atoms with van der Waals surface area (Å²) in [5, 5.41) is 14.1. The lowest BCUT2D eigenvalue weighted by Gasteiger charge is -2.28. The Labute approximate surface area is 101 Å². The van der Waals surface area contributed by atoms with Crippen LogP contribution in [0.5, 0.6) is 0 Å². The summed E-state index contributed by atoms with van der Waals surface area (Å²) < 4.78 is 0. The van der Waals surface area contributed by atoms with Crippen LogP contribution in [-0.2, 0) is 0 Å². The molecule has 0 radical (unpaired) electrons. The molecule has 0 bridgehead atoms. The van der Waals surface area contributed by atoms with Crippen molar-refractivity contribution < 1.29 is 5.11 Å². The van der Waals surface area contributed by atoms with Gasteiger partial charge in [-0.1, -0.05) is 23.7 Å². The number of aliphatic hydroxyl groups excluding tert-OH is 1. The highest BCUT2D eigenvalue weighted by atomic mass is 35.5. The van der Waals surface area contributed by atoms with E-state index in [4.69, 9.17) is 17.3 Å². The molecule has 0 aliphatic carbocycles. The van der Waals surface area contributed by atoms with E-state index in [1.807, 2.05) is 12.1 Å². The van der Waals surface area contributed by atoms with Gasteiger partial charge in [-0.05, 0) is 37.9 Å². The van der Waals surface area contributed by atoms with E-state index < -0.39 is 6.10 Å². The maximum Gasteiger partial charge on any atom is 0.0839 e. The third kappa shape index (κ3) is 2.32. The first-order chi connectivity index (χ1) is 7.70. The Kier molecular flexibility index (Phi) is 3.69. The lowest BCUT2D eigenvalue weighted by Crippen LogP contribution is -2.31. The number of nitrogens with one attached hydrogen (secondary N) is 1. The molecule has 0 amide bonds. The number of anilines is 1. The van der Waals surface area contributed by atoms with Gasteiger partial charge in [0.15, 0.2) is 0 Å². The molecule has 1 atom stereocenters. The summed E-state index contributed by atoms with van der Waals surface area (Å²) >= 11 is 5.95. The summed E-state index contributed by atoms with van der Waals surface area (Å²) in [4.78, 5) is 0. The predicted octanol–water partition coefficient (Wildman–Crippen LogP) is 1.96. The topological polar surface area (TPSA) is 58.3 Å². The van der Waals surface area contributed by atoms with E-state index in [2.05, 4.69) is 5.32 Å². The number of hydrogen-bond donors (Lipinski definition) is 3. The zero-order valence-electron chi connectivity index (χ0n) is 9.12. The number of piperidine rings is 1. The van der Waals surface area contributed by atoms with Gasteiger partial charge in [0.25, 0.3) is 0 Å². The fraction of sp³-hybridized carbons (Fsp3) is 0.500. The average Bonchev–Trinajstić information content (AvgIpc) is 2.33. The maximum absolute atomic E-state index is 10.3. The largest absolute Gasteiger partial charge is 0.397 e. The van der Waals surface area contributed by atoms with Crippen molar-refractivity contribution in [2.45, 2.75) is 18.9 Å². The number of para-hydroxylation sites is 1. The number of aliphatic hydroxyl groups is 1. The van der Waals surface area contributed by atoms with Crippen molar-refractivity contribution in [3.8, 4) is 0 Å². The number of nitrogens with two attached hydrogens (primary N) is 1. The Balaban J connectivity index is 2.19. The van der Waals surface area contributed by atoms with Crippen LogP contribution < -0.4 is 11.1 Å². The second-order valence-corrected chi connectivity index (χ2v) is 4.68. The van der Waals surface area contributed by atoms with Crippen LogP contribution in [0.3, 0.4) is 0 Å². The molecule has 88 valence electrons. The molecular formula is C12H17ClN2O. The van der Waals surface area contributed by atoms with Crippen molar-refractivity contribution in [1.82, 2.24) is 5.32 Å². The van der Waals surface area contributed by atoms with Crippen LogP contribution in [0.25, 0.3) is 0 Å². The van der Waals surface area contributed by atoms with Gasteiger partial charge >= 0.3 is 0 Å². The predicted molar refractivity (Wildman–Crippen MR) is 66.4 cm³/mol. The summed E-state index contributed by atoms with van der Waals surface area (Å²) in [6.45, 7) is 1.92. The van der Waals surface area contributed by atoms with Crippen LogP contribution in [0, 0.1) is 5.92 Å². The van der Waals surface area contributed by atoms with E-state index >= 15 is 0 Å². The summed E-state index contributed by atoms with van der Waals surface area (Å²) in [7, 11) is 0. The van der Waals surface area contributed by atoms with Gasteiger partial charge in [0, 0.05) is 5.56 Å². The molecule has 1 aliphatic rings. The molecule has 4 N–H and O–H groups in total. The standard InChI is InChI=1S/C12H17ClN2O/c13-10-3-1-2-9(11(10)14)12(16)8-4-6-15-7-5-8/h1-3,8,12,15-16H,4-7,14H2. The molecule has 1 fully saturated rings. The van der Waals surface area contributed by atoms with Gasteiger partial charge in [-0.2, -0.15) is 0 Å². The number of rotatable bonds is 2. The van der Waals surface area contributed by atoms with Crippen molar-refractivity contribution in [3.63, 3.8) is 0 Å². The number of halogens is 1. The first kappa shape index (κ1) is 11.7. The Morgan fingerprint density at radius 2 is 2.06 bits per heavy atom. The molecule has 2 rings (SSSR count). The van der Waals surface area contributed by atoms with Crippen molar-refractivity contribution in [2.24, 2.45) is 5.92 Å². The molecule has 1 aliphatic heterocycles. The summed E-state index contributed by atoms with van der Waals surface area (Å²) in [5.74, 6) is 0.280. The Hall–Kier alpha value is -0.770. The maximum atomic E-state index is 10.3. The first-order valence-corrected chi connectivity index (χ1v) is 6.00. The van der Waals surface area contributed by atoms with Gasteiger partial charge in [0.05, 0.1) is 16.8 Å². The van der Waals surface area contributed by atoms with Crippen molar-refractivity contribution in [2.75, 3.05) is 18.8 Å². The zero-order valence-corrected chi connectivity index (χ0v) is 9.87. The van der Waals surface area contributed by atoms with Crippen LogP contribution in [0.2, 0.25) is 5.02 Å². The van der Waals surface area contributed by atoms with E-state index in [-0.39, 0.29) is 5.92 Å². The molecule has 1 aromatic rings. The molecule has 0 aromatic heterocycles. The molecular weight excluding hydrogens is 224 g/mol. The minimum atomic E-state index is -0.499. The highest BCUT2D eigenvalue weighted by molar-refractivity contribution is 6.33. The third-order valence-electron chi connectivity index (χ3n) is 3.24.